The van der Waals surface area contributed by atoms with Crippen molar-refractivity contribution in [3.8, 4) is 5.69 Å². The topological polar surface area (TPSA) is 46.9 Å². The molecule has 0 saturated heterocycles. The van der Waals surface area contributed by atoms with E-state index in [1.165, 1.54) is 11.3 Å². The Bertz CT molecular complexity index is 780. The maximum absolute atomic E-state index is 12.3. The van der Waals surface area contributed by atoms with Crippen molar-refractivity contribution in [2.45, 2.75) is 6.92 Å². The number of aromatic nitrogens is 2. The molecule has 21 heavy (non-hydrogen) atoms. The number of amides is 1. The van der Waals surface area contributed by atoms with Crippen LogP contribution in [0.4, 0.5) is 5.69 Å². The summed E-state index contributed by atoms with van der Waals surface area (Å²) in [6.07, 6.45) is 5.39. The number of nitrogens with one attached hydrogen (secondary N) is 1. The van der Waals surface area contributed by atoms with Crippen molar-refractivity contribution >= 4 is 34.5 Å². The molecule has 0 saturated carbocycles. The Morgan fingerprint density at radius 1 is 1.33 bits per heavy atom. The molecule has 0 aliphatic rings. The number of hydrogen-bond donors (Lipinski definition) is 1. The van der Waals surface area contributed by atoms with E-state index in [2.05, 4.69) is 10.3 Å². The summed E-state index contributed by atoms with van der Waals surface area (Å²) >= 11 is 7.42. The minimum Gasteiger partial charge on any atom is -0.322 e. The highest BCUT2D eigenvalue weighted by Crippen LogP contribution is 2.25. The molecule has 1 aromatic carbocycles. The Labute approximate surface area is 131 Å². The third kappa shape index (κ3) is 2.99. The highest BCUT2D eigenvalue weighted by molar-refractivity contribution is 7.13. The first-order valence-electron chi connectivity index (χ1n) is 6.30. The summed E-state index contributed by atoms with van der Waals surface area (Å²) < 4.78 is 1.90. The molecule has 4 nitrogen and oxygen atoms in total. The van der Waals surface area contributed by atoms with Gasteiger partial charge in [0.1, 0.15) is 4.88 Å². The maximum atomic E-state index is 12.3. The first-order chi connectivity index (χ1) is 10.1. The van der Waals surface area contributed by atoms with Gasteiger partial charge in [0.2, 0.25) is 0 Å². The van der Waals surface area contributed by atoms with E-state index in [1.807, 2.05) is 42.1 Å². The van der Waals surface area contributed by atoms with Crippen LogP contribution in [0.2, 0.25) is 5.02 Å². The van der Waals surface area contributed by atoms with Gasteiger partial charge in [0.15, 0.2) is 0 Å². The smallest absolute Gasteiger partial charge is 0.267 e. The molecule has 3 rings (SSSR count). The van der Waals surface area contributed by atoms with Crippen molar-refractivity contribution in [1.29, 1.82) is 0 Å². The molecule has 0 spiro atoms. The minimum absolute atomic E-state index is 0.170. The highest BCUT2D eigenvalue weighted by Gasteiger charge is 2.12. The largest absolute Gasteiger partial charge is 0.322 e. The minimum atomic E-state index is -0.170. The molecule has 1 amide bonds. The lowest BCUT2D eigenvalue weighted by Crippen LogP contribution is -2.12. The third-order valence-electron chi connectivity index (χ3n) is 2.94. The first-order valence-corrected chi connectivity index (χ1v) is 7.49. The molecule has 0 radical (unpaired) electrons. The van der Waals surface area contributed by atoms with Crippen molar-refractivity contribution in [2.75, 3.05) is 5.32 Å². The fourth-order valence-electron chi connectivity index (χ4n) is 1.97. The van der Waals surface area contributed by atoms with Crippen LogP contribution in [-0.4, -0.2) is 15.5 Å². The summed E-state index contributed by atoms with van der Waals surface area (Å²) in [5.41, 5.74) is 1.52. The van der Waals surface area contributed by atoms with Crippen LogP contribution in [0.1, 0.15) is 14.7 Å². The van der Waals surface area contributed by atoms with Crippen LogP contribution in [0.15, 0.2) is 48.9 Å². The zero-order valence-corrected chi connectivity index (χ0v) is 12.8. The van der Waals surface area contributed by atoms with Crippen LogP contribution in [0.25, 0.3) is 5.69 Å². The lowest BCUT2D eigenvalue weighted by Gasteiger charge is -2.12. The summed E-state index contributed by atoms with van der Waals surface area (Å²) in [6.45, 7) is 1.87. The van der Waals surface area contributed by atoms with Gasteiger partial charge in [-0.1, -0.05) is 11.6 Å². The molecular weight excluding hydrogens is 306 g/mol. The van der Waals surface area contributed by atoms with Gasteiger partial charge in [-0.05, 0) is 37.3 Å². The van der Waals surface area contributed by atoms with Crippen molar-refractivity contribution in [1.82, 2.24) is 9.55 Å². The van der Waals surface area contributed by atoms with Gasteiger partial charge in [-0.2, -0.15) is 0 Å². The average molecular weight is 318 g/mol. The van der Waals surface area contributed by atoms with Gasteiger partial charge in [-0.15, -0.1) is 11.3 Å². The fraction of sp³-hybridized carbons (Fsp3) is 0.0667. The second-order valence-corrected chi connectivity index (χ2v) is 6.12. The van der Waals surface area contributed by atoms with Crippen molar-refractivity contribution in [2.24, 2.45) is 0 Å². The molecule has 2 aromatic heterocycles. The number of carbonyl (C=O) groups excluding carboxylic acids is 1. The Balaban J connectivity index is 1.94. The Morgan fingerprint density at radius 3 is 2.76 bits per heavy atom. The lowest BCUT2D eigenvalue weighted by molar-refractivity contribution is 0.103. The predicted octanol–water partition coefficient (Wildman–Crippen LogP) is 4.15. The Morgan fingerprint density at radius 2 is 2.10 bits per heavy atom. The van der Waals surface area contributed by atoms with E-state index < -0.39 is 0 Å². The van der Waals surface area contributed by atoms with Gasteiger partial charge < -0.3 is 9.88 Å². The van der Waals surface area contributed by atoms with E-state index in [0.717, 1.165) is 10.7 Å². The molecule has 0 aliphatic carbocycles. The summed E-state index contributed by atoms with van der Waals surface area (Å²) in [4.78, 5) is 16.9. The fourth-order valence-corrected chi connectivity index (χ4v) is 2.81. The van der Waals surface area contributed by atoms with Gasteiger partial charge in [0.25, 0.3) is 5.91 Å². The second-order valence-electron chi connectivity index (χ2n) is 4.45. The summed E-state index contributed by atoms with van der Waals surface area (Å²) in [6, 6.07) is 9.19. The zero-order chi connectivity index (χ0) is 14.8. The van der Waals surface area contributed by atoms with E-state index in [9.17, 15) is 4.79 Å². The zero-order valence-electron chi connectivity index (χ0n) is 11.2. The highest BCUT2D eigenvalue weighted by atomic mass is 35.5. The second kappa shape index (κ2) is 5.71. The first kappa shape index (κ1) is 13.9. The van der Waals surface area contributed by atoms with Gasteiger partial charge in [0.05, 0.1) is 22.6 Å². The summed E-state index contributed by atoms with van der Waals surface area (Å²) in [5, 5.41) is 4.39. The standard InChI is InChI=1S/C15H12ClN3OS/c1-10-17-9-14(21-10)15(20)18-12-5-4-11(16)8-13(12)19-6-2-3-7-19/h2-9H,1H3,(H,18,20). The van der Waals surface area contributed by atoms with Crippen LogP contribution in [0.5, 0.6) is 0 Å². The van der Waals surface area contributed by atoms with E-state index in [-0.39, 0.29) is 5.91 Å². The number of nitrogens with zero attached hydrogens (tertiary/aromatic N) is 2. The number of aryl methyl sites for hydroxylation is 1. The molecule has 6 heteroatoms. The van der Waals surface area contributed by atoms with Crippen LogP contribution < -0.4 is 5.32 Å². The van der Waals surface area contributed by atoms with Crippen LogP contribution in [0, 0.1) is 6.92 Å². The van der Waals surface area contributed by atoms with Gasteiger partial charge in [-0.25, -0.2) is 4.98 Å². The number of thiazole rings is 1. The van der Waals surface area contributed by atoms with Crippen molar-refractivity contribution in [3.63, 3.8) is 0 Å². The molecule has 0 aliphatic heterocycles. The predicted molar refractivity (Wildman–Crippen MR) is 85.6 cm³/mol. The third-order valence-corrected chi connectivity index (χ3v) is 4.08. The number of rotatable bonds is 3. The molecule has 2 heterocycles. The van der Waals surface area contributed by atoms with Gasteiger partial charge >= 0.3 is 0 Å². The number of carbonyl (C=O) groups is 1. The quantitative estimate of drug-likeness (QED) is 0.789. The molecule has 106 valence electrons. The monoisotopic (exact) mass is 317 g/mol. The number of hydrogen-bond acceptors (Lipinski definition) is 3. The maximum Gasteiger partial charge on any atom is 0.267 e. The molecule has 0 unspecified atom stereocenters. The summed E-state index contributed by atoms with van der Waals surface area (Å²) in [5.74, 6) is -0.170. The van der Waals surface area contributed by atoms with E-state index in [0.29, 0.717) is 15.6 Å². The van der Waals surface area contributed by atoms with Crippen molar-refractivity contribution in [3.05, 3.63) is 63.8 Å². The summed E-state index contributed by atoms with van der Waals surface area (Å²) in [7, 11) is 0. The normalized spacial score (nSPS) is 10.6. The molecule has 1 N–H and O–H groups in total. The molecule has 0 atom stereocenters. The van der Waals surface area contributed by atoms with Crippen molar-refractivity contribution < 1.29 is 4.79 Å². The van der Waals surface area contributed by atoms with Gasteiger partial charge in [0, 0.05) is 17.4 Å². The Kier molecular flexibility index (Phi) is 3.77. The van der Waals surface area contributed by atoms with Crippen LogP contribution in [0.3, 0.4) is 0 Å². The molecule has 3 aromatic rings. The number of anilines is 1. The molecular formula is C15H12ClN3OS. The van der Waals surface area contributed by atoms with E-state index >= 15 is 0 Å². The van der Waals surface area contributed by atoms with Gasteiger partial charge in [-0.3, -0.25) is 4.79 Å². The number of halogens is 1. The molecule has 0 fully saturated rings. The van der Waals surface area contributed by atoms with E-state index in [1.54, 1.807) is 18.3 Å². The van der Waals surface area contributed by atoms with Crippen LogP contribution in [-0.2, 0) is 0 Å². The average Bonchev–Trinajstić information content (AvgIpc) is 3.11. The lowest BCUT2D eigenvalue weighted by atomic mass is 10.2. The Hall–Kier alpha value is -2.11. The SMILES string of the molecule is Cc1ncc(C(=O)Nc2ccc(Cl)cc2-n2cccc2)s1. The van der Waals surface area contributed by atoms with E-state index in [4.69, 9.17) is 11.6 Å². The number of benzene rings is 1. The molecule has 0 bridgehead atoms. The van der Waals surface area contributed by atoms with Crippen LogP contribution >= 0.6 is 22.9 Å².